The molecule has 23 heavy (non-hydrogen) atoms. The highest BCUT2D eigenvalue weighted by atomic mass is 14.6. The first kappa shape index (κ1) is 13.9. The molecule has 3 aromatic carbocycles. The monoisotopic (exact) mass is 300 g/mol. The van der Waals surface area contributed by atoms with Crippen LogP contribution in [0.15, 0.2) is 48.5 Å². The Labute approximate surface area is 136 Å². The van der Waals surface area contributed by atoms with Crippen LogP contribution in [0, 0.1) is 13.8 Å². The summed E-state index contributed by atoms with van der Waals surface area (Å²) >= 11 is 0. The summed E-state index contributed by atoms with van der Waals surface area (Å²) in [5, 5.41) is 0. The van der Waals surface area contributed by atoms with Crippen LogP contribution >= 0.6 is 0 Å². The van der Waals surface area contributed by atoms with E-state index in [0.717, 1.165) is 17.8 Å². The average molecular weight is 300 g/mol. The van der Waals surface area contributed by atoms with Crippen molar-refractivity contribution < 1.29 is 0 Å². The number of benzene rings is 3. The number of rotatable bonds is 1. The van der Waals surface area contributed by atoms with Crippen molar-refractivity contribution in [3.8, 4) is 22.3 Å². The lowest BCUT2D eigenvalue weighted by Crippen LogP contribution is -1.96. The Morgan fingerprint density at radius 1 is 0.783 bits per heavy atom. The van der Waals surface area contributed by atoms with Crippen LogP contribution in [0.2, 0.25) is 0 Å². The number of aryl methyl sites for hydroxylation is 2. The topological polar surface area (TPSA) is 52.0 Å². The molecule has 1 aliphatic rings. The van der Waals surface area contributed by atoms with Gasteiger partial charge in [0.25, 0.3) is 0 Å². The van der Waals surface area contributed by atoms with Gasteiger partial charge in [-0.15, -0.1) is 0 Å². The molecule has 4 rings (SSSR count). The normalized spacial score (nSPS) is 12.1. The van der Waals surface area contributed by atoms with Crippen molar-refractivity contribution in [2.24, 2.45) is 0 Å². The minimum atomic E-state index is 0.817. The zero-order valence-corrected chi connectivity index (χ0v) is 13.5. The minimum absolute atomic E-state index is 0.817. The maximum atomic E-state index is 6.35. The number of anilines is 2. The maximum absolute atomic E-state index is 6.35. The minimum Gasteiger partial charge on any atom is -0.399 e. The third kappa shape index (κ3) is 2.10. The van der Waals surface area contributed by atoms with Crippen LogP contribution in [0.4, 0.5) is 11.4 Å². The summed E-state index contributed by atoms with van der Waals surface area (Å²) in [5.41, 5.74) is 24.1. The second kappa shape index (κ2) is 4.88. The molecular formula is C21H20N2. The van der Waals surface area contributed by atoms with Crippen molar-refractivity contribution in [2.45, 2.75) is 20.3 Å². The molecule has 0 saturated carbocycles. The van der Waals surface area contributed by atoms with Gasteiger partial charge >= 0.3 is 0 Å². The van der Waals surface area contributed by atoms with E-state index in [-0.39, 0.29) is 0 Å². The first-order valence-electron chi connectivity index (χ1n) is 7.92. The maximum Gasteiger partial charge on any atom is 0.0397 e. The lowest BCUT2D eigenvalue weighted by Gasteiger charge is -2.14. The van der Waals surface area contributed by atoms with Gasteiger partial charge in [0.05, 0.1) is 0 Å². The molecule has 0 amide bonds. The SMILES string of the molecule is Cc1ccc(-c2c(N)ccc3c2Cc2cc(N)ccc2-3)cc1C. The van der Waals surface area contributed by atoms with Gasteiger partial charge in [-0.25, -0.2) is 0 Å². The van der Waals surface area contributed by atoms with E-state index in [2.05, 4.69) is 50.2 Å². The van der Waals surface area contributed by atoms with E-state index in [4.69, 9.17) is 11.5 Å². The molecule has 2 heteroatoms. The quantitative estimate of drug-likeness (QED) is 0.500. The van der Waals surface area contributed by atoms with Crippen LogP contribution < -0.4 is 11.5 Å². The molecule has 2 nitrogen and oxygen atoms in total. The van der Waals surface area contributed by atoms with E-state index in [1.54, 1.807) is 0 Å². The molecule has 0 heterocycles. The molecule has 1 aliphatic carbocycles. The average Bonchev–Trinajstić information content (AvgIpc) is 2.87. The molecule has 0 atom stereocenters. The lowest BCUT2D eigenvalue weighted by molar-refractivity contribution is 1.26. The fourth-order valence-electron chi connectivity index (χ4n) is 3.55. The molecule has 3 aromatic rings. The summed E-state index contributed by atoms with van der Waals surface area (Å²) in [6.45, 7) is 4.28. The summed E-state index contributed by atoms with van der Waals surface area (Å²) in [5.74, 6) is 0. The Balaban J connectivity index is 1.95. The summed E-state index contributed by atoms with van der Waals surface area (Å²) in [6.07, 6.45) is 0.892. The lowest BCUT2D eigenvalue weighted by atomic mass is 9.92. The fourth-order valence-corrected chi connectivity index (χ4v) is 3.55. The summed E-state index contributed by atoms with van der Waals surface area (Å²) in [4.78, 5) is 0. The van der Waals surface area contributed by atoms with Crippen molar-refractivity contribution in [1.82, 2.24) is 0 Å². The van der Waals surface area contributed by atoms with E-state index >= 15 is 0 Å². The molecule has 0 bridgehead atoms. The van der Waals surface area contributed by atoms with E-state index in [1.807, 2.05) is 12.1 Å². The highest BCUT2D eigenvalue weighted by molar-refractivity contribution is 5.91. The van der Waals surface area contributed by atoms with Crippen LogP contribution in [0.25, 0.3) is 22.3 Å². The highest BCUT2D eigenvalue weighted by Gasteiger charge is 2.23. The molecule has 0 saturated heterocycles. The first-order chi connectivity index (χ1) is 11.0. The zero-order valence-electron chi connectivity index (χ0n) is 13.5. The molecule has 0 fully saturated rings. The van der Waals surface area contributed by atoms with Gasteiger partial charge in [0.2, 0.25) is 0 Å². The Hall–Kier alpha value is -2.74. The molecular weight excluding hydrogens is 280 g/mol. The van der Waals surface area contributed by atoms with Gasteiger partial charge < -0.3 is 11.5 Å². The van der Waals surface area contributed by atoms with Crippen molar-refractivity contribution in [2.75, 3.05) is 11.5 Å². The number of hydrogen-bond acceptors (Lipinski definition) is 2. The second-order valence-corrected chi connectivity index (χ2v) is 6.45. The summed E-state index contributed by atoms with van der Waals surface area (Å²) in [7, 11) is 0. The Kier molecular flexibility index (Phi) is 2.95. The fraction of sp³-hybridized carbons (Fsp3) is 0.143. The van der Waals surface area contributed by atoms with E-state index in [0.29, 0.717) is 0 Å². The van der Waals surface area contributed by atoms with Gasteiger partial charge in [0.1, 0.15) is 0 Å². The Morgan fingerprint density at radius 3 is 2.35 bits per heavy atom. The van der Waals surface area contributed by atoms with Crippen molar-refractivity contribution in [3.63, 3.8) is 0 Å². The number of nitrogens with two attached hydrogens (primary N) is 2. The Bertz CT molecular complexity index is 939. The predicted molar refractivity (Wildman–Crippen MR) is 98.4 cm³/mol. The van der Waals surface area contributed by atoms with Gasteiger partial charge in [-0.2, -0.15) is 0 Å². The smallest absolute Gasteiger partial charge is 0.0397 e. The predicted octanol–water partition coefficient (Wildman–Crippen LogP) is 4.71. The van der Waals surface area contributed by atoms with E-state index < -0.39 is 0 Å². The molecule has 0 aromatic heterocycles. The van der Waals surface area contributed by atoms with E-state index in [1.165, 1.54) is 44.5 Å². The summed E-state index contributed by atoms with van der Waals surface area (Å²) in [6, 6.07) is 16.9. The molecule has 0 unspecified atom stereocenters. The standard InChI is InChI=1S/C21H20N2/c1-12-3-4-14(9-13(12)2)21-19-11-15-10-16(22)5-6-17(15)18(19)7-8-20(21)23/h3-10H,11,22-23H2,1-2H3. The third-order valence-electron chi connectivity index (χ3n) is 4.93. The van der Waals surface area contributed by atoms with Crippen LogP contribution in [0.5, 0.6) is 0 Å². The molecule has 0 radical (unpaired) electrons. The van der Waals surface area contributed by atoms with Gasteiger partial charge in [0, 0.05) is 16.9 Å². The van der Waals surface area contributed by atoms with Crippen molar-refractivity contribution >= 4 is 11.4 Å². The van der Waals surface area contributed by atoms with Gasteiger partial charge in [0.15, 0.2) is 0 Å². The zero-order chi connectivity index (χ0) is 16.1. The second-order valence-electron chi connectivity index (χ2n) is 6.45. The van der Waals surface area contributed by atoms with Crippen molar-refractivity contribution in [1.29, 1.82) is 0 Å². The Morgan fingerprint density at radius 2 is 1.57 bits per heavy atom. The molecule has 0 aliphatic heterocycles. The van der Waals surface area contributed by atoms with E-state index in [9.17, 15) is 0 Å². The highest BCUT2D eigenvalue weighted by Crippen LogP contribution is 2.44. The van der Waals surface area contributed by atoms with Crippen LogP contribution in [0.1, 0.15) is 22.3 Å². The number of fused-ring (bicyclic) bond motifs is 3. The number of nitrogen functional groups attached to an aromatic ring is 2. The van der Waals surface area contributed by atoms with Gasteiger partial charge in [-0.1, -0.05) is 30.3 Å². The van der Waals surface area contributed by atoms with Gasteiger partial charge in [-0.3, -0.25) is 0 Å². The van der Waals surface area contributed by atoms with Crippen LogP contribution in [-0.4, -0.2) is 0 Å². The first-order valence-corrected chi connectivity index (χ1v) is 7.92. The molecule has 4 N–H and O–H groups in total. The van der Waals surface area contributed by atoms with Crippen LogP contribution in [-0.2, 0) is 6.42 Å². The van der Waals surface area contributed by atoms with Gasteiger partial charge in [-0.05, 0) is 77.4 Å². The molecule has 114 valence electrons. The third-order valence-corrected chi connectivity index (χ3v) is 4.93. The summed E-state index contributed by atoms with van der Waals surface area (Å²) < 4.78 is 0. The van der Waals surface area contributed by atoms with Crippen molar-refractivity contribution in [3.05, 3.63) is 70.8 Å². The molecule has 0 spiro atoms. The number of hydrogen-bond donors (Lipinski definition) is 2. The van der Waals surface area contributed by atoms with Crippen LogP contribution in [0.3, 0.4) is 0 Å². The largest absolute Gasteiger partial charge is 0.399 e.